The fraction of sp³-hybridized carbons (Fsp3) is 0.0500. The first kappa shape index (κ1) is 16.9. The zero-order valence-electron chi connectivity index (χ0n) is 13.7. The molecule has 0 saturated carbocycles. The molecule has 0 heterocycles. The number of azo groups is 1. The van der Waals surface area contributed by atoms with Crippen LogP contribution in [0, 0.1) is 6.92 Å². The van der Waals surface area contributed by atoms with Crippen LogP contribution in [0.1, 0.15) is 11.1 Å². The maximum Gasteiger partial charge on any atom is 0.201 e. The van der Waals surface area contributed by atoms with Crippen LogP contribution in [-0.4, -0.2) is 5.84 Å². The average molecular weight is 349 g/mol. The summed E-state index contributed by atoms with van der Waals surface area (Å²) < 4.78 is 0. The third-order valence-corrected chi connectivity index (χ3v) is 3.80. The number of benzene rings is 3. The van der Waals surface area contributed by atoms with Crippen molar-refractivity contribution in [2.24, 2.45) is 15.3 Å². The summed E-state index contributed by atoms with van der Waals surface area (Å²) in [6, 6.07) is 25.0. The van der Waals surface area contributed by atoms with Crippen LogP contribution in [0.2, 0.25) is 5.02 Å². The lowest BCUT2D eigenvalue weighted by Crippen LogP contribution is -2.01. The molecular formula is C20H17ClN4. The van der Waals surface area contributed by atoms with Crippen molar-refractivity contribution in [2.75, 3.05) is 5.43 Å². The van der Waals surface area contributed by atoms with Crippen LogP contribution >= 0.6 is 11.6 Å². The Morgan fingerprint density at radius 1 is 0.840 bits per heavy atom. The Balaban J connectivity index is 1.91. The van der Waals surface area contributed by atoms with Crippen LogP contribution in [0.5, 0.6) is 0 Å². The lowest BCUT2D eigenvalue weighted by Gasteiger charge is -2.04. The molecule has 0 aliphatic carbocycles. The largest absolute Gasteiger partial charge is 0.276 e. The van der Waals surface area contributed by atoms with E-state index in [2.05, 4.69) is 20.8 Å². The highest BCUT2D eigenvalue weighted by Crippen LogP contribution is 2.24. The van der Waals surface area contributed by atoms with E-state index in [1.54, 1.807) is 6.07 Å². The van der Waals surface area contributed by atoms with Gasteiger partial charge in [0.1, 0.15) is 5.69 Å². The number of nitrogens with one attached hydrogen (secondary N) is 1. The minimum atomic E-state index is 0.476. The van der Waals surface area contributed by atoms with Gasteiger partial charge in [0, 0.05) is 5.56 Å². The lowest BCUT2D eigenvalue weighted by molar-refractivity contribution is 1.22. The van der Waals surface area contributed by atoms with Gasteiger partial charge >= 0.3 is 0 Å². The minimum Gasteiger partial charge on any atom is -0.276 e. The second-order valence-corrected chi connectivity index (χ2v) is 5.84. The molecule has 0 aliphatic rings. The second kappa shape index (κ2) is 8.22. The van der Waals surface area contributed by atoms with E-state index < -0.39 is 0 Å². The molecule has 3 rings (SSSR count). The Hall–Kier alpha value is -2.98. The summed E-state index contributed by atoms with van der Waals surface area (Å²) in [5.74, 6) is 0.476. The number of hydrogen-bond acceptors (Lipinski definition) is 3. The number of aryl methyl sites for hydroxylation is 1. The quantitative estimate of drug-likeness (QED) is 0.259. The summed E-state index contributed by atoms with van der Waals surface area (Å²) >= 11 is 6.14. The lowest BCUT2D eigenvalue weighted by atomic mass is 10.1. The fourth-order valence-electron chi connectivity index (χ4n) is 2.11. The predicted molar refractivity (Wildman–Crippen MR) is 104 cm³/mol. The zero-order chi connectivity index (χ0) is 17.5. The van der Waals surface area contributed by atoms with Gasteiger partial charge in [-0.3, -0.25) is 5.43 Å². The first-order valence-electron chi connectivity index (χ1n) is 7.84. The number of anilines is 1. The minimum absolute atomic E-state index is 0.476. The molecule has 0 bridgehead atoms. The third-order valence-electron chi connectivity index (χ3n) is 3.48. The Kier molecular flexibility index (Phi) is 5.54. The van der Waals surface area contributed by atoms with E-state index in [0.29, 0.717) is 16.5 Å². The second-order valence-electron chi connectivity index (χ2n) is 5.43. The number of hydrazone groups is 1. The normalized spacial score (nSPS) is 11.7. The topological polar surface area (TPSA) is 49.1 Å². The van der Waals surface area contributed by atoms with E-state index in [1.165, 1.54) is 5.56 Å². The molecule has 0 aromatic heterocycles. The molecule has 0 amide bonds. The predicted octanol–water partition coefficient (Wildman–Crippen LogP) is 6.21. The molecule has 0 saturated heterocycles. The Morgan fingerprint density at radius 2 is 1.52 bits per heavy atom. The molecule has 124 valence electrons. The average Bonchev–Trinajstić information content (AvgIpc) is 2.65. The van der Waals surface area contributed by atoms with Gasteiger partial charge < -0.3 is 0 Å². The molecule has 4 nitrogen and oxygen atoms in total. The molecule has 3 aromatic rings. The van der Waals surface area contributed by atoms with Crippen molar-refractivity contribution >= 4 is 28.8 Å². The van der Waals surface area contributed by atoms with Crippen LogP contribution in [0.4, 0.5) is 11.4 Å². The Morgan fingerprint density at radius 3 is 2.24 bits per heavy atom. The van der Waals surface area contributed by atoms with Gasteiger partial charge in [-0.25, -0.2) is 0 Å². The fourth-order valence-corrected chi connectivity index (χ4v) is 2.29. The Labute approximate surface area is 151 Å². The summed E-state index contributed by atoms with van der Waals surface area (Å²) in [7, 11) is 0. The summed E-state index contributed by atoms with van der Waals surface area (Å²) in [4.78, 5) is 0. The number of rotatable bonds is 4. The third kappa shape index (κ3) is 4.75. The van der Waals surface area contributed by atoms with Gasteiger partial charge in [0.05, 0.1) is 10.7 Å². The summed E-state index contributed by atoms with van der Waals surface area (Å²) in [6.07, 6.45) is 0. The van der Waals surface area contributed by atoms with Gasteiger partial charge in [-0.05, 0) is 31.2 Å². The van der Waals surface area contributed by atoms with Gasteiger partial charge in [-0.15, -0.1) is 10.2 Å². The number of para-hydroxylation sites is 1. The van der Waals surface area contributed by atoms with Gasteiger partial charge in [-0.1, -0.05) is 71.8 Å². The van der Waals surface area contributed by atoms with Gasteiger partial charge in [0.25, 0.3) is 0 Å². The zero-order valence-corrected chi connectivity index (χ0v) is 14.5. The molecule has 0 unspecified atom stereocenters. The molecule has 1 N–H and O–H groups in total. The first-order chi connectivity index (χ1) is 12.2. The molecule has 0 radical (unpaired) electrons. The van der Waals surface area contributed by atoms with E-state index in [9.17, 15) is 0 Å². The monoisotopic (exact) mass is 348 g/mol. The van der Waals surface area contributed by atoms with Crippen LogP contribution in [-0.2, 0) is 0 Å². The number of amidine groups is 1. The van der Waals surface area contributed by atoms with Crippen LogP contribution in [0.3, 0.4) is 0 Å². The van der Waals surface area contributed by atoms with E-state index in [-0.39, 0.29) is 0 Å². The SMILES string of the molecule is Cc1ccc(/C(N=Nc2ccccc2Cl)=N/Nc2ccccc2)cc1. The van der Waals surface area contributed by atoms with E-state index in [0.717, 1.165) is 11.3 Å². The number of nitrogens with zero attached hydrogens (tertiary/aromatic N) is 3. The van der Waals surface area contributed by atoms with Crippen molar-refractivity contribution in [3.63, 3.8) is 0 Å². The smallest absolute Gasteiger partial charge is 0.201 e. The van der Waals surface area contributed by atoms with Crippen molar-refractivity contribution in [1.82, 2.24) is 0 Å². The molecule has 0 aliphatic heterocycles. The van der Waals surface area contributed by atoms with Crippen molar-refractivity contribution in [2.45, 2.75) is 6.92 Å². The van der Waals surface area contributed by atoms with Crippen molar-refractivity contribution in [3.8, 4) is 0 Å². The van der Waals surface area contributed by atoms with Gasteiger partial charge in [0.15, 0.2) is 0 Å². The first-order valence-corrected chi connectivity index (χ1v) is 8.22. The van der Waals surface area contributed by atoms with Crippen molar-refractivity contribution < 1.29 is 0 Å². The molecule has 0 spiro atoms. The number of hydrogen-bond donors (Lipinski definition) is 1. The summed E-state index contributed by atoms with van der Waals surface area (Å²) in [5, 5.41) is 13.5. The highest BCUT2D eigenvalue weighted by molar-refractivity contribution is 6.32. The summed E-state index contributed by atoms with van der Waals surface area (Å²) in [6.45, 7) is 2.04. The van der Waals surface area contributed by atoms with E-state index in [1.807, 2.05) is 79.7 Å². The van der Waals surface area contributed by atoms with Gasteiger partial charge in [0.2, 0.25) is 5.84 Å². The maximum atomic E-state index is 6.14. The Bertz CT molecular complexity index is 887. The molecular weight excluding hydrogens is 332 g/mol. The molecule has 0 fully saturated rings. The summed E-state index contributed by atoms with van der Waals surface area (Å²) in [5.41, 5.74) is 6.52. The highest BCUT2D eigenvalue weighted by Gasteiger charge is 2.04. The molecule has 0 atom stereocenters. The van der Waals surface area contributed by atoms with E-state index in [4.69, 9.17) is 11.6 Å². The maximum absolute atomic E-state index is 6.14. The highest BCUT2D eigenvalue weighted by atomic mass is 35.5. The van der Waals surface area contributed by atoms with Crippen LogP contribution < -0.4 is 5.43 Å². The molecule has 5 heteroatoms. The number of halogens is 1. The van der Waals surface area contributed by atoms with E-state index >= 15 is 0 Å². The van der Waals surface area contributed by atoms with Crippen molar-refractivity contribution in [1.29, 1.82) is 0 Å². The van der Waals surface area contributed by atoms with Gasteiger partial charge in [-0.2, -0.15) is 5.10 Å². The van der Waals surface area contributed by atoms with Crippen molar-refractivity contribution in [3.05, 3.63) is 95.0 Å². The molecule has 3 aromatic carbocycles. The standard InChI is InChI=1S/C20H17ClN4/c1-15-11-13-16(14-12-15)20(24-22-17-7-3-2-4-8-17)25-23-19-10-6-5-9-18(19)21/h2-14,22H,1H3/b24-20-,25-23?. The van der Waals surface area contributed by atoms with Crippen LogP contribution in [0.25, 0.3) is 0 Å². The molecule has 25 heavy (non-hydrogen) atoms. The van der Waals surface area contributed by atoms with Crippen LogP contribution in [0.15, 0.2) is 94.2 Å².